The Bertz CT molecular complexity index is 409. The highest BCUT2D eigenvalue weighted by Gasteiger charge is 1.95. The maximum atomic E-state index is 12.8. The minimum atomic E-state index is -0.265. The lowest BCUT2D eigenvalue weighted by Crippen LogP contribution is -2.26. The Morgan fingerprint density at radius 2 is 2.00 bits per heavy atom. The molecular weight excluding hydrogens is 209 g/mol. The molecule has 0 aliphatic rings. The van der Waals surface area contributed by atoms with Gasteiger partial charge < -0.3 is 17.2 Å². The molecule has 6 heteroatoms. The Morgan fingerprint density at radius 1 is 1.25 bits per heavy atom. The minimum absolute atomic E-state index is 0.0244. The maximum absolute atomic E-state index is 12.8. The summed E-state index contributed by atoms with van der Waals surface area (Å²) in [6.45, 7) is 0.409. The van der Waals surface area contributed by atoms with E-state index in [-0.39, 0.29) is 17.7 Å². The third-order valence-corrected chi connectivity index (χ3v) is 1.81. The number of benzene rings is 1. The first-order chi connectivity index (χ1) is 7.58. The number of guanidine groups is 2. The SMILES string of the molecule is NC(N)=NC(N)=NCCc1cccc(F)c1. The van der Waals surface area contributed by atoms with Crippen LogP contribution < -0.4 is 17.2 Å². The molecular formula is C10H14FN5. The van der Waals surface area contributed by atoms with Crippen LogP contribution in [0.3, 0.4) is 0 Å². The first kappa shape index (κ1) is 12.0. The molecule has 86 valence electrons. The fraction of sp³-hybridized carbons (Fsp3) is 0.200. The van der Waals surface area contributed by atoms with Crippen LogP contribution in [0.4, 0.5) is 4.39 Å². The van der Waals surface area contributed by atoms with Crippen LogP contribution in [0.5, 0.6) is 0 Å². The highest BCUT2D eigenvalue weighted by Crippen LogP contribution is 2.04. The molecule has 0 saturated carbocycles. The fourth-order valence-corrected chi connectivity index (χ4v) is 1.16. The van der Waals surface area contributed by atoms with E-state index in [0.29, 0.717) is 13.0 Å². The number of hydrogen-bond donors (Lipinski definition) is 3. The summed E-state index contributed by atoms with van der Waals surface area (Å²) in [6, 6.07) is 6.30. The van der Waals surface area contributed by atoms with E-state index in [2.05, 4.69) is 9.98 Å². The zero-order valence-corrected chi connectivity index (χ0v) is 8.73. The second kappa shape index (κ2) is 5.69. The van der Waals surface area contributed by atoms with Crippen LogP contribution in [0.15, 0.2) is 34.3 Å². The van der Waals surface area contributed by atoms with E-state index in [1.165, 1.54) is 12.1 Å². The summed E-state index contributed by atoms with van der Waals surface area (Å²) < 4.78 is 12.8. The van der Waals surface area contributed by atoms with Gasteiger partial charge >= 0.3 is 0 Å². The lowest BCUT2D eigenvalue weighted by atomic mass is 10.1. The summed E-state index contributed by atoms with van der Waals surface area (Å²) in [4.78, 5) is 7.47. The van der Waals surface area contributed by atoms with Gasteiger partial charge in [-0.3, -0.25) is 4.99 Å². The van der Waals surface area contributed by atoms with E-state index < -0.39 is 0 Å². The van der Waals surface area contributed by atoms with Crippen molar-refractivity contribution in [1.82, 2.24) is 0 Å². The van der Waals surface area contributed by atoms with Gasteiger partial charge in [0.05, 0.1) is 0 Å². The van der Waals surface area contributed by atoms with Gasteiger partial charge in [-0.15, -0.1) is 0 Å². The van der Waals surface area contributed by atoms with E-state index in [1.54, 1.807) is 6.07 Å². The molecule has 1 rings (SSSR count). The Labute approximate surface area is 92.9 Å². The molecule has 0 spiro atoms. The standard InChI is InChI=1S/C10H14FN5/c11-8-3-1-2-7(6-8)4-5-15-10(14)16-9(12)13/h1-3,6H,4-5H2,(H6,12,13,14,15,16). The van der Waals surface area contributed by atoms with Crippen molar-refractivity contribution in [1.29, 1.82) is 0 Å². The first-order valence-electron chi connectivity index (χ1n) is 4.72. The lowest BCUT2D eigenvalue weighted by molar-refractivity contribution is 0.625. The second-order valence-corrected chi connectivity index (χ2v) is 3.16. The minimum Gasteiger partial charge on any atom is -0.370 e. The van der Waals surface area contributed by atoms with E-state index in [1.807, 2.05) is 6.07 Å². The summed E-state index contributed by atoms with van der Waals surface area (Å²) in [7, 11) is 0. The normalized spacial score (nSPS) is 11.2. The van der Waals surface area contributed by atoms with Crippen LogP contribution in [0, 0.1) is 5.82 Å². The Morgan fingerprint density at radius 3 is 2.62 bits per heavy atom. The van der Waals surface area contributed by atoms with Crippen molar-refractivity contribution >= 4 is 11.9 Å². The van der Waals surface area contributed by atoms with E-state index >= 15 is 0 Å². The molecule has 0 bridgehead atoms. The molecule has 16 heavy (non-hydrogen) atoms. The number of aliphatic imine (C=N–C) groups is 2. The molecule has 0 fully saturated rings. The Hall–Kier alpha value is -2.11. The van der Waals surface area contributed by atoms with Crippen molar-refractivity contribution in [3.05, 3.63) is 35.6 Å². The topological polar surface area (TPSA) is 103 Å². The molecule has 5 nitrogen and oxygen atoms in total. The number of nitrogens with zero attached hydrogens (tertiary/aromatic N) is 2. The van der Waals surface area contributed by atoms with Crippen LogP contribution in [-0.2, 0) is 6.42 Å². The van der Waals surface area contributed by atoms with Gasteiger partial charge in [-0.1, -0.05) is 12.1 Å². The van der Waals surface area contributed by atoms with Crippen LogP contribution >= 0.6 is 0 Å². The zero-order valence-electron chi connectivity index (χ0n) is 8.73. The molecule has 0 heterocycles. The molecule has 1 aromatic carbocycles. The molecule has 0 saturated heterocycles. The summed E-state index contributed by atoms with van der Waals surface area (Å²) in [5.74, 6) is -0.373. The van der Waals surface area contributed by atoms with Crippen LogP contribution in [0.25, 0.3) is 0 Å². The third kappa shape index (κ3) is 4.41. The molecule has 0 atom stereocenters. The molecule has 1 aromatic rings. The molecule has 0 aliphatic carbocycles. The largest absolute Gasteiger partial charge is 0.370 e. The van der Waals surface area contributed by atoms with E-state index in [0.717, 1.165) is 5.56 Å². The van der Waals surface area contributed by atoms with Crippen molar-refractivity contribution in [3.63, 3.8) is 0 Å². The summed E-state index contributed by atoms with van der Waals surface area (Å²) in [5, 5.41) is 0. The molecule has 0 aromatic heterocycles. The molecule has 0 aliphatic heterocycles. The number of hydrogen-bond acceptors (Lipinski definition) is 1. The summed E-state index contributed by atoms with van der Waals surface area (Å²) in [5.41, 5.74) is 16.5. The molecule has 0 unspecified atom stereocenters. The van der Waals surface area contributed by atoms with Gasteiger partial charge in [0.15, 0.2) is 5.96 Å². The number of rotatable bonds is 3. The smallest absolute Gasteiger partial charge is 0.218 e. The average Bonchev–Trinajstić information content (AvgIpc) is 2.16. The van der Waals surface area contributed by atoms with Gasteiger partial charge in [0.1, 0.15) is 5.82 Å². The Kier molecular flexibility index (Phi) is 4.26. The van der Waals surface area contributed by atoms with Crippen molar-refractivity contribution in [3.8, 4) is 0 Å². The Balaban J connectivity index is 2.50. The highest BCUT2D eigenvalue weighted by molar-refractivity contribution is 5.92. The lowest BCUT2D eigenvalue weighted by Gasteiger charge is -1.98. The third-order valence-electron chi connectivity index (χ3n) is 1.81. The quantitative estimate of drug-likeness (QED) is 0.494. The van der Waals surface area contributed by atoms with E-state index in [9.17, 15) is 4.39 Å². The maximum Gasteiger partial charge on any atom is 0.218 e. The van der Waals surface area contributed by atoms with E-state index in [4.69, 9.17) is 17.2 Å². The average molecular weight is 223 g/mol. The summed E-state index contributed by atoms with van der Waals surface area (Å²) in [6.07, 6.45) is 0.582. The van der Waals surface area contributed by atoms with Crippen molar-refractivity contribution in [2.45, 2.75) is 6.42 Å². The van der Waals surface area contributed by atoms with Gasteiger partial charge in [0.25, 0.3) is 0 Å². The molecule has 6 N–H and O–H groups in total. The first-order valence-corrected chi connectivity index (χ1v) is 4.72. The monoisotopic (exact) mass is 223 g/mol. The van der Waals surface area contributed by atoms with Crippen LogP contribution in [-0.4, -0.2) is 18.5 Å². The highest BCUT2D eigenvalue weighted by atomic mass is 19.1. The number of nitrogens with two attached hydrogens (primary N) is 3. The number of halogens is 1. The predicted octanol–water partition coefficient (Wildman–Crippen LogP) is -0.0437. The van der Waals surface area contributed by atoms with Crippen molar-refractivity contribution in [2.75, 3.05) is 6.54 Å². The predicted molar refractivity (Wildman–Crippen MR) is 62.4 cm³/mol. The van der Waals surface area contributed by atoms with Crippen molar-refractivity contribution in [2.24, 2.45) is 27.2 Å². The molecule has 0 radical (unpaired) electrons. The summed E-state index contributed by atoms with van der Waals surface area (Å²) >= 11 is 0. The van der Waals surface area contributed by atoms with Gasteiger partial charge in [-0.2, -0.15) is 4.99 Å². The van der Waals surface area contributed by atoms with Gasteiger partial charge in [-0.05, 0) is 24.1 Å². The second-order valence-electron chi connectivity index (χ2n) is 3.16. The van der Waals surface area contributed by atoms with Gasteiger partial charge in [0.2, 0.25) is 5.96 Å². The zero-order chi connectivity index (χ0) is 12.0. The van der Waals surface area contributed by atoms with Crippen LogP contribution in [0.2, 0.25) is 0 Å². The van der Waals surface area contributed by atoms with Gasteiger partial charge in [-0.25, -0.2) is 4.39 Å². The fourth-order valence-electron chi connectivity index (χ4n) is 1.16. The van der Waals surface area contributed by atoms with Gasteiger partial charge in [0, 0.05) is 6.54 Å². The van der Waals surface area contributed by atoms with Crippen LogP contribution in [0.1, 0.15) is 5.56 Å². The van der Waals surface area contributed by atoms with Crippen molar-refractivity contribution < 1.29 is 4.39 Å². The molecule has 0 amide bonds.